The van der Waals surface area contributed by atoms with E-state index in [0.717, 1.165) is 17.8 Å². The number of thioether (sulfide) groups is 1. The molecule has 0 unspecified atom stereocenters. The van der Waals surface area contributed by atoms with Crippen LogP contribution < -0.4 is 5.32 Å². The van der Waals surface area contributed by atoms with Gasteiger partial charge in [0.1, 0.15) is 0 Å². The van der Waals surface area contributed by atoms with Crippen LogP contribution in [-0.4, -0.2) is 36.6 Å². The molecule has 2 aromatic carbocycles. The molecule has 170 valence electrons. The number of anilines is 1. The normalized spacial score (nSPS) is 11.5. The van der Waals surface area contributed by atoms with Crippen LogP contribution in [0.3, 0.4) is 0 Å². The Morgan fingerprint density at radius 2 is 1.97 bits per heavy atom. The number of halogens is 4. The van der Waals surface area contributed by atoms with E-state index in [1.54, 1.807) is 31.2 Å². The predicted molar refractivity (Wildman–Crippen MR) is 115 cm³/mol. The molecular formula is C20H14ClF3N6O2S. The summed E-state index contributed by atoms with van der Waals surface area (Å²) in [6.45, 7) is 1.59. The lowest BCUT2D eigenvalue weighted by Gasteiger charge is -2.16. The van der Waals surface area contributed by atoms with Crippen molar-refractivity contribution in [2.24, 2.45) is 0 Å². The van der Waals surface area contributed by atoms with E-state index in [1.807, 2.05) is 0 Å². The molecule has 0 atom stereocenters. The highest BCUT2D eigenvalue weighted by molar-refractivity contribution is 7.99. The largest absolute Gasteiger partial charge is 0.418 e. The minimum atomic E-state index is -4.62. The zero-order chi connectivity index (χ0) is 23.6. The first-order valence-corrected chi connectivity index (χ1v) is 10.7. The van der Waals surface area contributed by atoms with E-state index in [1.165, 1.54) is 22.8 Å². The molecule has 13 heteroatoms. The molecule has 0 saturated heterocycles. The van der Waals surface area contributed by atoms with E-state index in [4.69, 9.17) is 16.1 Å². The molecule has 1 amide bonds. The molecule has 0 aliphatic heterocycles. The summed E-state index contributed by atoms with van der Waals surface area (Å²) in [4.78, 5) is 16.1. The van der Waals surface area contributed by atoms with Crippen LogP contribution in [0, 0.1) is 6.92 Å². The summed E-state index contributed by atoms with van der Waals surface area (Å²) in [5.74, 6) is -0.215. The van der Waals surface area contributed by atoms with Crippen LogP contribution >= 0.6 is 23.4 Å². The van der Waals surface area contributed by atoms with Gasteiger partial charge >= 0.3 is 12.2 Å². The maximum Gasteiger partial charge on any atom is 0.418 e. The Morgan fingerprint density at radius 3 is 2.67 bits per heavy atom. The SMILES string of the molecule is Cc1noc(NC(=O)CSc2nnc(-c3cccc(Cl)c3)n2-c2ccccc2C(F)(F)F)n1. The van der Waals surface area contributed by atoms with Crippen LogP contribution in [0.25, 0.3) is 17.1 Å². The number of amides is 1. The van der Waals surface area contributed by atoms with Crippen molar-refractivity contribution in [3.63, 3.8) is 0 Å². The minimum absolute atomic E-state index is 0.0819. The van der Waals surface area contributed by atoms with Crippen molar-refractivity contribution in [3.8, 4) is 17.1 Å². The second kappa shape index (κ2) is 9.24. The molecule has 0 aliphatic carbocycles. The summed E-state index contributed by atoms with van der Waals surface area (Å²) < 4.78 is 47.4. The molecule has 33 heavy (non-hydrogen) atoms. The van der Waals surface area contributed by atoms with E-state index in [9.17, 15) is 18.0 Å². The number of hydrogen-bond acceptors (Lipinski definition) is 7. The first-order valence-electron chi connectivity index (χ1n) is 9.33. The van der Waals surface area contributed by atoms with Crippen molar-refractivity contribution in [1.82, 2.24) is 24.9 Å². The standard InChI is InChI=1S/C20H14ClF3N6O2S/c1-11-25-18(32-29-11)26-16(31)10-33-19-28-27-17(12-5-4-6-13(21)9-12)30(19)15-8-3-2-7-14(15)20(22,23)24/h2-9H,10H2,1H3,(H,25,26,29,31). The fraction of sp³-hybridized carbons (Fsp3) is 0.150. The average Bonchev–Trinajstić information content (AvgIpc) is 3.37. The number of carbonyl (C=O) groups excluding carboxylic acids is 1. The first kappa shape index (κ1) is 22.8. The Morgan fingerprint density at radius 1 is 1.18 bits per heavy atom. The summed E-state index contributed by atoms with van der Waals surface area (Å²) in [7, 11) is 0. The average molecular weight is 495 g/mol. The van der Waals surface area contributed by atoms with Gasteiger partial charge in [-0.1, -0.05) is 52.8 Å². The molecule has 8 nitrogen and oxygen atoms in total. The van der Waals surface area contributed by atoms with E-state index in [2.05, 4.69) is 25.7 Å². The van der Waals surface area contributed by atoms with Gasteiger partial charge in [0.25, 0.3) is 0 Å². The molecule has 0 bridgehead atoms. The number of rotatable bonds is 6. The quantitative estimate of drug-likeness (QED) is 0.375. The number of benzene rings is 2. The Labute approximate surface area is 194 Å². The van der Waals surface area contributed by atoms with E-state index >= 15 is 0 Å². The van der Waals surface area contributed by atoms with Gasteiger partial charge in [0, 0.05) is 10.6 Å². The van der Waals surface area contributed by atoms with Crippen molar-refractivity contribution in [1.29, 1.82) is 0 Å². The van der Waals surface area contributed by atoms with Crippen LogP contribution in [0.5, 0.6) is 0 Å². The molecule has 0 saturated carbocycles. The smallest absolute Gasteiger partial charge is 0.315 e. The lowest BCUT2D eigenvalue weighted by molar-refractivity contribution is -0.137. The van der Waals surface area contributed by atoms with E-state index in [0.29, 0.717) is 16.4 Å². The molecule has 4 aromatic rings. The monoisotopic (exact) mass is 494 g/mol. The summed E-state index contributed by atoms with van der Waals surface area (Å²) in [5, 5.41) is 14.6. The fourth-order valence-corrected chi connectivity index (χ4v) is 3.87. The number of hydrogen-bond donors (Lipinski definition) is 1. The maximum absolute atomic E-state index is 13.8. The maximum atomic E-state index is 13.8. The fourth-order valence-electron chi connectivity index (χ4n) is 2.94. The van der Waals surface area contributed by atoms with Crippen molar-refractivity contribution in [3.05, 3.63) is 64.9 Å². The third-order valence-electron chi connectivity index (χ3n) is 4.27. The third-order valence-corrected chi connectivity index (χ3v) is 5.44. The van der Waals surface area contributed by atoms with Gasteiger partial charge in [0.2, 0.25) is 5.91 Å². The number of para-hydroxylation sites is 1. The van der Waals surface area contributed by atoms with Crippen molar-refractivity contribution >= 4 is 35.3 Å². The number of alkyl halides is 3. The number of aromatic nitrogens is 5. The molecule has 0 radical (unpaired) electrons. The predicted octanol–water partition coefficient (Wildman–Crippen LogP) is 5.03. The topological polar surface area (TPSA) is 98.7 Å². The summed E-state index contributed by atoms with van der Waals surface area (Å²) >= 11 is 6.97. The second-order valence-corrected chi connectivity index (χ2v) is 8.03. The van der Waals surface area contributed by atoms with Crippen LogP contribution in [-0.2, 0) is 11.0 Å². The van der Waals surface area contributed by atoms with Gasteiger partial charge in [-0.05, 0) is 31.2 Å². The lowest BCUT2D eigenvalue weighted by atomic mass is 10.1. The van der Waals surface area contributed by atoms with Gasteiger partial charge < -0.3 is 4.52 Å². The molecule has 2 aromatic heterocycles. The van der Waals surface area contributed by atoms with Gasteiger partial charge in [-0.3, -0.25) is 14.7 Å². The van der Waals surface area contributed by atoms with Crippen molar-refractivity contribution < 1.29 is 22.5 Å². The number of aryl methyl sites for hydroxylation is 1. The van der Waals surface area contributed by atoms with Crippen molar-refractivity contribution in [2.45, 2.75) is 18.3 Å². The van der Waals surface area contributed by atoms with Crippen molar-refractivity contribution in [2.75, 3.05) is 11.1 Å². The molecular weight excluding hydrogens is 481 g/mol. The van der Waals surface area contributed by atoms with Crippen LogP contribution in [0.2, 0.25) is 5.02 Å². The molecule has 0 aliphatic rings. The van der Waals surface area contributed by atoms with E-state index in [-0.39, 0.29) is 28.4 Å². The van der Waals surface area contributed by atoms with Crippen LogP contribution in [0.4, 0.5) is 19.2 Å². The van der Waals surface area contributed by atoms with Gasteiger partial charge in [-0.25, -0.2) is 0 Å². The highest BCUT2D eigenvalue weighted by atomic mass is 35.5. The van der Waals surface area contributed by atoms with Crippen LogP contribution in [0.1, 0.15) is 11.4 Å². The zero-order valence-corrected chi connectivity index (χ0v) is 18.4. The Hall–Kier alpha value is -3.38. The molecule has 4 rings (SSSR count). The highest BCUT2D eigenvalue weighted by Crippen LogP contribution is 2.37. The summed E-state index contributed by atoms with van der Waals surface area (Å²) in [6.07, 6.45) is -4.62. The Balaban J connectivity index is 1.72. The summed E-state index contributed by atoms with van der Waals surface area (Å²) in [6, 6.07) is 11.5. The number of nitrogens with zero attached hydrogens (tertiary/aromatic N) is 5. The zero-order valence-electron chi connectivity index (χ0n) is 16.8. The van der Waals surface area contributed by atoms with E-state index < -0.39 is 17.6 Å². The minimum Gasteiger partial charge on any atom is -0.315 e. The Kier molecular flexibility index (Phi) is 6.38. The molecule has 0 spiro atoms. The molecule has 2 heterocycles. The van der Waals surface area contributed by atoms with Crippen LogP contribution in [0.15, 0.2) is 58.2 Å². The number of carbonyl (C=O) groups is 1. The molecule has 1 N–H and O–H groups in total. The van der Waals surface area contributed by atoms with Gasteiger partial charge in [0.05, 0.1) is 17.0 Å². The second-order valence-electron chi connectivity index (χ2n) is 6.65. The van der Waals surface area contributed by atoms with Gasteiger partial charge in [0.15, 0.2) is 16.8 Å². The summed E-state index contributed by atoms with van der Waals surface area (Å²) in [5.41, 5.74) is -0.592. The van der Waals surface area contributed by atoms with Gasteiger partial charge in [-0.2, -0.15) is 18.2 Å². The lowest BCUT2D eigenvalue weighted by Crippen LogP contribution is -2.15. The number of nitrogens with one attached hydrogen (secondary N) is 1. The third kappa shape index (κ3) is 5.17. The highest BCUT2D eigenvalue weighted by Gasteiger charge is 2.35. The molecule has 0 fully saturated rings. The van der Waals surface area contributed by atoms with Gasteiger partial charge in [-0.15, -0.1) is 10.2 Å². The first-order chi connectivity index (χ1) is 15.7. The Bertz CT molecular complexity index is 1310.